The first-order valence-electron chi connectivity index (χ1n) is 5.58. The zero-order valence-corrected chi connectivity index (χ0v) is 9.60. The summed E-state index contributed by atoms with van der Waals surface area (Å²) in [5.74, 6) is 0.820. The fourth-order valence-corrected chi connectivity index (χ4v) is 2.75. The van der Waals surface area contributed by atoms with Gasteiger partial charge >= 0.3 is 0 Å². The Bertz CT molecular complexity index is 389. The second-order valence-corrected chi connectivity index (χ2v) is 4.52. The molecule has 2 fully saturated rings. The maximum atomic E-state index is 5.76. The van der Waals surface area contributed by atoms with Gasteiger partial charge in [-0.25, -0.2) is 0 Å². The highest BCUT2D eigenvalue weighted by Crippen LogP contribution is 2.32. The summed E-state index contributed by atoms with van der Waals surface area (Å²) in [5.41, 5.74) is 0. The van der Waals surface area contributed by atoms with Crippen LogP contribution in [0.5, 0.6) is 0 Å². The van der Waals surface area contributed by atoms with E-state index in [1.807, 2.05) is 0 Å². The first-order valence-corrected chi connectivity index (χ1v) is 5.96. The van der Waals surface area contributed by atoms with E-state index in [0.29, 0.717) is 12.1 Å². The molecule has 16 heavy (non-hydrogen) atoms. The largest absolute Gasteiger partial charge is 0.374 e. The predicted molar refractivity (Wildman–Crippen MR) is 59.6 cm³/mol. The molecule has 6 heteroatoms. The van der Waals surface area contributed by atoms with Crippen LogP contribution in [0, 0.1) is 0 Å². The van der Waals surface area contributed by atoms with Gasteiger partial charge < -0.3 is 9.64 Å². The minimum atomic E-state index is 0.207. The van der Waals surface area contributed by atoms with Crippen LogP contribution in [0.2, 0.25) is 5.28 Å². The number of fused-ring (bicyclic) bond motifs is 1. The quantitative estimate of drug-likeness (QED) is 0.740. The average Bonchev–Trinajstić information content (AvgIpc) is 2.76. The molecular formula is C10H13ClN4O. The number of nitrogens with zero attached hydrogens (tertiary/aromatic N) is 4. The highest BCUT2D eigenvalue weighted by atomic mass is 35.5. The van der Waals surface area contributed by atoms with Crippen molar-refractivity contribution in [2.24, 2.45) is 0 Å². The lowest BCUT2D eigenvalue weighted by atomic mass is 10.1. The van der Waals surface area contributed by atoms with Gasteiger partial charge in [-0.2, -0.15) is 10.1 Å². The van der Waals surface area contributed by atoms with Crippen molar-refractivity contribution in [3.8, 4) is 0 Å². The fourth-order valence-electron chi connectivity index (χ4n) is 2.62. The van der Waals surface area contributed by atoms with Crippen LogP contribution in [0.1, 0.15) is 19.3 Å². The lowest BCUT2D eigenvalue weighted by molar-refractivity contribution is 0.0253. The Morgan fingerprint density at radius 2 is 2.38 bits per heavy atom. The molecule has 3 rings (SSSR count). The number of hydrogen-bond acceptors (Lipinski definition) is 5. The maximum Gasteiger partial charge on any atom is 0.244 e. The predicted octanol–water partition coefficient (Wildman–Crippen LogP) is 1.28. The molecule has 86 valence electrons. The van der Waals surface area contributed by atoms with Crippen LogP contribution in [-0.2, 0) is 4.74 Å². The first-order chi connectivity index (χ1) is 7.84. The minimum Gasteiger partial charge on any atom is -0.374 e. The Morgan fingerprint density at radius 3 is 3.25 bits per heavy atom. The molecule has 2 heterocycles. The molecule has 0 radical (unpaired) electrons. The SMILES string of the molecule is Clc1nncc(N2CCOC3CCCC32)n1. The lowest BCUT2D eigenvalue weighted by Crippen LogP contribution is -2.49. The molecule has 1 aliphatic heterocycles. The Labute approximate surface area is 98.8 Å². The van der Waals surface area contributed by atoms with Gasteiger partial charge in [0.25, 0.3) is 0 Å². The van der Waals surface area contributed by atoms with Crippen LogP contribution < -0.4 is 4.90 Å². The van der Waals surface area contributed by atoms with E-state index in [1.54, 1.807) is 6.20 Å². The minimum absolute atomic E-state index is 0.207. The van der Waals surface area contributed by atoms with Gasteiger partial charge in [0.15, 0.2) is 5.82 Å². The summed E-state index contributed by atoms with van der Waals surface area (Å²) in [6, 6.07) is 0.432. The number of anilines is 1. The van der Waals surface area contributed by atoms with Gasteiger partial charge in [-0.1, -0.05) is 0 Å². The molecule has 2 atom stereocenters. The van der Waals surface area contributed by atoms with Crippen molar-refractivity contribution in [1.82, 2.24) is 15.2 Å². The molecule has 2 unspecified atom stereocenters. The monoisotopic (exact) mass is 240 g/mol. The standard InChI is InChI=1S/C10H13ClN4O/c11-10-13-9(6-12-14-10)15-4-5-16-8-3-1-2-7(8)15/h6-8H,1-5H2. The van der Waals surface area contributed by atoms with E-state index in [9.17, 15) is 0 Å². The van der Waals surface area contributed by atoms with Gasteiger partial charge in [0, 0.05) is 6.54 Å². The van der Waals surface area contributed by atoms with Crippen molar-refractivity contribution in [2.45, 2.75) is 31.4 Å². The van der Waals surface area contributed by atoms with Gasteiger partial charge in [-0.3, -0.25) is 0 Å². The van der Waals surface area contributed by atoms with Crippen molar-refractivity contribution < 1.29 is 4.74 Å². The van der Waals surface area contributed by atoms with Crippen molar-refractivity contribution in [3.05, 3.63) is 11.5 Å². The third kappa shape index (κ3) is 1.74. The Hall–Kier alpha value is -0.940. The highest BCUT2D eigenvalue weighted by molar-refractivity contribution is 6.28. The molecule has 1 aliphatic carbocycles. The average molecular weight is 241 g/mol. The molecule has 1 aromatic rings. The molecule has 0 aromatic carbocycles. The molecule has 1 saturated carbocycles. The van der Waals surface area contributed by atoms with Crippen molar-refractivity contribution in [3.63, 3.8) is 0 Å². The summed E-state index contributed by atoms with van der Waals surface area (Å²) in [7, 11) is 0. The van der Waals surface area contributed by atoms with E-state index in [2.05, 4.69) is 20.1 Å². The van der Waals surface area contributed by atoms with E-state index in [1.165, 1.54) is 6.42 Å². The summed E-state index contributed by atoms with van der Waals surface area (Å²) in [6.45, 7) is 1.61. The molecule has 0 N–H and O–H groups in total. The second-order valence-electron chi connectivity index (χ2n) is 4.18. The van der Waals surface area contributed by atoms with Crippen molar-refractivity contribution in [2.75, 3.05) is 18.1 Å². The Kier molecular flexibility index (Phi) is 2.65. The van der Waals surface area contributed by atoms with Crippen LogP contribution in [0.15, 0.2) is 6.20 Å². The van der Waals surface area contributed by atoms with E-state index in [0.717, 1.165) is 31.8 Å². The smallest absolute Gasteiger partial charge is 0.244 e. The Balaban J connectivity index is 1.88. The van der Waals surface area contributed by atoms with Gasteiger partial charge in [0.1, 0.15) is 0 Å². The number of rotatable bonds is 1. The van der Waals surface area contributed by atoms with E-state index >= 15 is 0 Å². The second kappa shape index (κ2) is 4.14. The topological polar surface area (TPSA) is 51.1 Å². The Morgan fingerprint density at radius 1 is 1.44 bits per heavy atom. The molecule has 1 saturated heterocycles. The summed E-state index contributed by atoms with van der Waals surface area (Å²) < 4.78 is 5.75. The first kappa shape index (κ1) is 10.2. The normalized spacial score (nSPS) is 29.2. The maximum absolute atomic E-state index is 5.76. The summed E-state index contributed by atoms with van der Waals surface area (Å²) in [5, 5.41) is 7.72. The van der Waals surface area contributed by atoms with Crippen LogP contribution in [0.25, 0.3) is 0 Å². The van der Waals surface area contributed by atoms with Crippen LogP contribution >= 0.6 is 11.6 Å². The third-order valence-corrected chi connectivity index (χ3v) is 3.46. The van der Waals surface area contributed by atoms with Crippen molar-refractivity contribution >= 4 is 17.4 Å². The number of morpholine rings is 1. The summed E-state index contributed by atoms with van der Waals surface area (Å²) in [4.78, 5) is 6.47. The fraction of sp³-hybridized carbons (Fsp3) is 0.700. The third-order valence-electron chi connectivity index (χ3n) is 3.30. The lowest BCUT2D eigenvalue weighted by Gasteiger charge is -2.38. The van der Waals surface area contributed by atoms with Crippen LogP contribution in [0.3, 0.4) is 0 Å². The van der Waals surface area contributed by atoms with Gasteiger partial charge in [0.05, 0.1) is 24.9 Å². The molecule has 0 bridgehead atoms. The zero-order valence-electron chi connectivity index (χ0n) is 8.84. The van der Waals surface area contributed by atoms with Crippen LogP contribution in [0.4, 0.5) is 5.82 Å². The molecule has 0 amide bonds. The number of hydrogen-bond donors (Lipinski definition) is 0. The zero-order chi connectivity index (χ0) is 11.0. The number of aromatic nitrogens is 3. The molecule has 1 aromatic heterocycles. The van der Waals surface area contributed by atoms with Crippen molar-refractivity contribution in [1.29, 1.82) is 0 Å². The summed E-state index contributed by atoms with van der Waals surface area (Å²) >= 11 is 5.76. The summed E-state index contributed by atoms with van der Waals surface area (Å²) in [6.07, 6.45) is 5.55. The van der Waals surface area contributed by atoms with Crippen LogP contribution in [-0.4, -0.2) is 40.5 Å². The number of ether oxygens (including phenoxy) is 1. The van der Waals surface area contributed by atoms with E-state index in [-0.39, 0.29) is 5.28 Å². The van der Waals surface area contributed by atoms with E-state index < -0.39 is 0 Å². The molecule has 2 aliphatic rings. The van der Waals surface area contributed by atoms with Gasteiger partial charge in [-0.15, -0.1) is 5.10 Å². The molecular weight excluding hydrogens is 228 g/mol. The molecule has 0 spiro atoms. The van der Waals surface area contributed by atoms with Gasteiger partial charge in [-0.05, 0) is 30.9 Å². The van der Waals surface area contributed by atoms with Gasteiger partial charge in [0.2, 0.25) is 5.28 Å². The number of halogens is 1. The highest BCUT2D eigenvalue weighted by Gasteiger charge is 2.36. The molecule has 5 nitrogen and oxygen atoms in total. The van der Waals surface area contributed by atoms with E-state index in [4.69, 9.17) is 16.3 Å².